The predicted molar refractivity (Wildman–Crippen MR) is 147 cm³/mol. The van der Waals surface area contributed by atoms with Crippen molar-refractivity contribution in [2.45, 2.75) is 84.0 Å². The Morgan fingerprint density at radius 2 is 1.50 bits per heavy atom. The number of rotatable bonds is 15. The Balaban J connectivity index is 1.51. The minimum absolute atomic E-state index is 0.152. The summed E-state index contributed by atoms with van der Waals surface area (Å²) in [5.41, 5.74) is 0.532. The molecular formula is C31H38F2N2O3. The molecule has 0 fully saturated rings. The van der Waals surface area contributed by atoms with Crippen molar-refractivity contribution < 1.29 is 23.0 Å². The summed E-state index contributed by atoms with van der Waals surface area (Å²) in [6, 6.07) is 14.5. The van der Waals surface area contributed by atoms with Gasteiger partial charge in [-0.15, -0.1) is 0 Å². The zero-order valence-electron chi connectivity index (χ0n) is 22.6. The molecule has 2 atom stereocenters. The third-order valence-corrected chi connectivity index (χ3v) is 6.35. The molecule has 1 aromatic heterocycles. The Hall–Kier alpha value is -3.35. The number of unbranched alkanes of at least 4 members (excludes halogenated alkanes) is 4. The largest absolute Gasteiger partial charge is 0.494 e. The van der Waals surface area contributed by atoms with Crippen LogP contribution in [0.4, 0.5) is 8.78 Å². The maximum absolute atomic E-state index is 14.6. The van der Waals surface area contributed by atoms with Gasteiger partial charge in [0.05, 0.1) is 12.8 Å². The van der Waals surface area contributed by atoms with Crippen LogP contribution in [0.25, 0.3) is 22.5 Å². The number of carbonyl (C=O) groups is 1. The SMILES string of the molecule is CCCCC[C@](C)(F)C(=O)Oc1ccc(-c2cnc(-c3ccc(OCCCCC[C@H](C)F)cc3)nc2)cc1. The van der Waals surface area contributed by atoms with Gasteiger partial charge in [-0.05, 0) is 87.9 Å². The van der Waals surface area contributed by atoms with Gasteiger partial charge in [0, 0.05) is 23.5 Å². The van der Waals surface area contributed by atoms with Crippen LogP contribution in [0.3, 0.4) is 0 Å². The monoisotopic (exact) mass is 524 g/mol. The zero-order chi connectivity index (χ0) is 27.4. The first kappa shape index (κ1) is 29.2. The smallest absolute Gasteiger partial charge is 0.348 e. The second-order valence-electron chi connectivity index (χ2n) is 9.87. The molecule has 0 N–H and O–H groups in total. The molecule has 3 aromatic rings. The van der Waals surface area contributed by atoms with E-state index in [-0.39, 0.29) is 6.42 Å². The van der Waals surface area contributed by atoms with Crippen molar-refractivity contribution in [2.24, 2.45) is 0 Å². The van der Waals surface area contributed by atoms with Crippen LogP contribution in [-0.2, 0) is 4.79 Å². The summed E-state index contributed by atoms with van der Waals surface area (Å²) in [6.45, 7) is 5.51. The fourth-order valence-electron chi connectivity index (χ4n) is 3.96. The molecule has 0 amide bonds. The summed E-state index contributed by atoms with van der Waals surface area (Å²) in [5, 5.41) is 0. The minimum atomic E-state index is -2.00. The molecule has 0 aliphatic heterocycles. The van der Waals surface area contributed by atoms with E-state index in [4.69, 9.17) is 9.47 Å². The molecule has 204 valence electrons. The summed E-state index contributed by atoms with van der Waals surface area (Å²) in [5.74, 6) is 0.802. The topological polar surface area (TPSA) is 61.3 Å². The van der Waals surface area contributed by atoms with Gasteiger partial charge in [0.25, 0.3) is 0 Å². The number of carbonyl (C=O) groups excluding carboxylic acids is 1. The third-order valence-electron chi connectivity index (χ3n) is 6.35. The van der Waals surface area contributed by atoms with Crippen LogP contribution in [0.1, 0.15) is 72.1 Å². The van der Waals surface area contributed by atoms with E-state index in [1.165, 1.54) is 6.92 Å². The molecule has 0 saturated carbocycles. The Labute approximate surface area is 224 Å². The predicted octanol–water partition coefficient (Wildman–Crippen LogP) is 8.32. The highest BCUT2D eigenvalue weighted by Gasteiger charge is 2.34. The second kappa shape index (κ2) is 14.6. The van der Waals surface area contributed by atoms with Crippen LogP contribution in [0.15, 0.2) is 60.9 Å². The number of benzene rings is 2. The average molecular weight is 525 g/mol. The molecule has 0 unspecified atom stereocenters. The van der Waals surface area contributed by atoms with Crippen molar-refractivity contribution in [1.29, 1.82) is 0 Å². The van der Waals surface area contributed by atoms with E-state index in [2.05, 4.69) is 9.97 Å². The molecule has 7 heteroatoms. The second-order valence-corrected chi connectivity index (χ2v) is 9.87. The van der Waals surface area contributed by atoms with E-state index in [1.54, 1.807) is 43.6 Å². The minimum Gasteiger partial charge on any atom is -0.494 e. The quantitative estimate of drug-likeness (QED) is 0.114. The number of nitrogens with zero attached hydrogens (tertiary/aromatic N) is 2. The standard InChI is InChI=1S/C31H38F2N2O3/c1-4-5-8-19-31(3,33)30(36)38-28-17-11-24(12-18-28)26-21-34-29(35-22-26)25-13-15-27(16-14-25)37-20-9-6-7-10-23(2)32/h11-18,21-23H,4-10,19-20H2,1-3H3/t23-,31-/m0/s1. The molecule has 1 heterocycles. The van der Waals surface area contributed by atoms with Crippen molar-refractivity contribution in [3.05, 3.63) is 60.9 Å². The number of esters is 1. The van der Waals surface area contributed by atoms with Gasteiger partial charge < -0.3 is 9.47 Å². The van der Waals surface area contributed by atoms with Gasteiger partial charge in [-0.1, -0.05) is 38.3 Å². The van der Waals surface area contributed by atoms with Crippen LogP contribution in [0.5, 0.6) is 11.5 Å². The van der Waals surface area contributed by atoms with Crippen LogP contribution in [-0.4, -0.2) is 34.4 Å². The molecule has 5 nitrogen and oxygen atoms in total. The molecule has 0 aliphatic rings. The summed E-state index contributed by atoms with van der Waals surface area (Å²) in [6.07, 6.45) is 8.71. The first-order valence-electron chi connectivity index (χ1n) is 13.5. The molecular weight excluding hydrogens is 486 g/mol. The average Bonchev–Trinajstić information content (AvgIpc) is 2.91. The van der Waals surface area contributed by atoms with Crippen LogP contribution >= 0.6 is 0 Å². The lowest BCUT2D eigenvalue weighted by Crippen LogP contribution is -2.34. The van der Waals surface area contributed by atoms with Crippen molar-refractivity contribution in [3.63, 3.8) is 0 Å². The van der Waals surface area contributed by atoms with E-state index in [0.29, 0.717) is 31.0 Å². The fourth-order valence-corrected chi connectivity index (χ4v) is 3.96. The van der Waals surface area contributed by atoms with Gasteiger partial charge >= 0.3 is 5.97 Å². The number of halogens is 2. The van der Waals surface area contributed by atoms with Crippen LogP contribution in [0.2, 0.25) is 0 Å². The Kier molecular flexibility index (Phi) is 11.2. The van der Waals surface area contributed by atoms with Gasteiger partial charge in [0.2, 0.25) is 5.67 Å². The molecule has 0 saturated heterocycles. The van der Waals surface area contributed by atoms with Crippen LogP contribution in [0, 0.1) is 0 Å². The zero-order valence-corrected chi connectivity index (χ0v) is 22.6. The maximum Gasteiger partial charge on any atom is 0.348 e. The van der Waals surface area contributed by atoms with E-state index >= 15 is 0 Å². The molecule has 2 aromatic carbocycles. The van der Waals surface area contributed by atoms with Gasteiger partial charge in [0.15, 0.2) is 5.82 Å². The summed E-state index contributed by atoms with van der Waals surface area (Å²) < 4.78 is 38.5. The fraction of sp³-hybridized carbons (Fsp3) is 0.452. The molecule has 0 spiro atoms. The lowest BCUT2D eigenvalue weighted by atomic mass is 10.0. The third kappa shape index (κ3) is 9.19. The van der Waals surface area contributed by atoms with Gasteiger partial charge in [0.1, 0.15) is 11.5 Å². The maximum atomic E-state index is 14.6. The number of ether oxygens (including phenoxy) is 2. The first-order chi connectivity index (χ1) is 18.3. The molecule has 0 aliphatic carbocycles. The van der Waals surface area contributed by atoms with Crippen molar-refractivity contribution in [1.82, 2.24) is 9.97 Å². The number of hydrogen-bond donors (Lipinski definition) is 0. The van der Waals surface area contributed by atoms with E-state index in [0.717, 1.165) is 54.5 Å². The van der Waals surface area contributed by atoms with Gasteiger partial charge in [-0.25, -0.2) is 23.5 Å². The lowest BCUT2D eigenvalue weighted by molar-refractivity contribution is -0.147. The lowest BCUT2D eigenvalue weighted by Gasteiger charge is -2.18. The first-order valence-corrected chi connectivity index (χ1v) is 13.5. The molecule has 0 radical (unpaired) electrons. The Morgan fingerprint density at radius 3 is 2.13 bits per heavy atom. The van der Waals surface area contributed by atoms with Gasteiger partial charge in [-0.3, -0.25) is 0 Å². The highest BCUT2D eigenvalue weighted by Crippen LogP contribution is 2.26. The van der Waals surface area contributed by atoms with E-state index in [1.807, 2.05) is 31.2 Å². The summed E-state index contributed by atoms with van der Waals surface area (Å²) in [7, 11) is 0. The highest BCUT2D eigenvalue weighted by atomic mass is 19.1. The van der Waals surface area contributed by atoms with E-state index < -0.39 is 17.8 Å². The molecule has 3 rings (SSSR count). The van der Waals surface area contributed by atoms with Gasteiger partial charge in [-0.2, -0.15) is 0 Å². The van der Waals surface area contributed by atoms with Crippen LogP contribution < -0.4 is 9.47 Å². The normalized spacial score (nSPS) is 13.5. The summed E-state index contributed by atoms with van der Waals surface area (Å²) >= 11 is 0. The van der Waals surface area contributed by atoms with Crippen molar-refractivity contribution in [2.75, 3.05) is 6.61 Å². The van der Waals surface area contributed by atoms with Crippen molar-refractivity contribution >= 4 is 5.97 Å². The van der Waals surface area contributed by atoms with Crippen molar-refractivity contribution in [3.8, 4) is 34.0 Å². The summed E-state index contributed by atoms with van der Waals surface area (Å²) in [4.78, 5) is 21.2. The highest BCUT2D eigenvalue weighted by molar-refractivity contribution is 5.81. The van der Waals surface area contributed by atoms with E-state index in [9.17, 15) is 13.6 Å². The number of aromatic nitrogens is 2. The molecule has 38 heavy (non-hydrogen) atoms. The number of hydrogen-bond acceptors (Lipinski definition) is 5. The molecule has 0 bridgehead atoms. The Morgan fingerprint density at radius 1 is 0.868 bits per heavy atom. The Bertz CT molecular complexity index is 1120. The number of alkyl halides is 2.